The lowest BCUT2D eigenvalue weighted by Gasteiger charge is -2.42. The summed E-state index contributed by atoms with van der Waals surface area (Å²) in [5.74, 6) is -0.0136. The highest BCUT2D eigenvalue weighted by molar-refractivity contribution is 5.85. The lowest BCUT2D eigenvalue weighted by atomic mass is 9.72. The molecule has 2 fully saturated rings. The summed E-state index contributed by atoms with van der Waals surface area (Å²) in [5, 5.41) is 15.0. The van der Waals surface area contributed by atoms with Crippen LogP contribution >= 0.6 is 24.8 Å². The molecule has 2 aromatic carbocycles. The molecule has 1 atom stereocenters. The summed E-state index contributed by atoms with van der Waals surface area (Å²) in [6, 6.07) is 13.3. The number of aliphatic hydroxyl groups is 1. The van der Waals surface area contributed by atoms with Crippen LogP contribution in [0.4, 0.5) is 13.2 Å². The van der Waals surface area contributed by atoms with Crippen molar-refractivity contribution < 1.29 is 18.3 Å². The molecule has 2 N–H and O–H groups in total. The van der Waals surface area contributed by atoms with Crippen LogP contribution in [0.2, 0.25) is 0 Å². The molecule has 8 heteroatoms. The second kappa shape index (κ2) is 11.9. The normalized spacial score (nSPS) is 19.8. The Hall–Kier alpha value is -1.31. The van der Waals surface area contributed by atoms with Gasteiger partial charge in [0.05, 0.1) is 11.2 Å². The molecule has 1 saturated heterocycles. The van der Waals surface area contributed by atoms with E-state index in [1.54, 1.807) is 0 Å². The van der Waals surface area contributed by atoms with E-state index < -0.39 is 17.3 Å². The second-order valence-electron chi connectivity index (χ2n) is 8.97. The number of halogens is 5. The maximum Gasteiger partial charge on any atom is 0.416 e. The van der Waals surface area contributed by atoms with E-state index >= 15 is 0 Å². The Labute approximate surface area is 206 Å². The van der Waals surface area contributed by atoms with Gasteiger partial charge >= 0.3 is 6.18 Å². The van der Waals surface area contributed by atoms with Crippen LogP contribution in [0.15, 0.2) is 48.5 Å². The first-order valence-corrected chi connectivity index (χ1v) is 11.3. The van der Waals surface area contributed by atoms with Gasteiger partial charge in [0.2, 0.25) is 0 Å². The van der Waals surface area contributed by atoms with E-state index in [0.717, 1.165) is 93.7 Å². The molecule has 2 aromatic rings. The Kier molecular flexibility index (Phi) is 10.1. The zero-order chi connectivity index (χ0) is 21.9. The van der Waals surface area contributed by atoms with E-state index in [0.29, 0.717) is 0 Å². The van der Waals surface area contributed by atoms with E-state index in [4.69, 9.17) is 0 Å². The van der Waals surface area contributed by atoms with Crippen LogP contribution in [-0.4, -0.2) is 48.3 Å². The summed E-state index contributed by atoms with van der Waals surface area (Å²) in [4.78, 5) is 2.42. The molecule has 0 bridgehead atoms. The first-order chi connectivity index (χ1) is 14.9. The average molecular weight is 505 g/mol. The van der Waals surface area contributed by atoms with Gasteiger partial charge in [0.25, 0.3) is 0 Å². The van der Waals surface area contributed by atoms with Crippen LogP contribution in [0.3, 0.4) is 0 Å². The van der Waals surface area contributed by atoms with Gasteiger partial charge in [-0.15, -0.1) is 24.8 Å². The first-order valence-electron chi connectivity index (χ1n) is 11.3. The fourth-order valence-electron chi connectivity index (χ4n) is 5.04. The Balaban J connectivity index is 0.00000193. The average Bonchev–Trinajstić information content (AvgIpc) is 2.78. The van der Waals surface area contributed by atoms with Crippen LogP contribution in [-0.2, 0) is 6.18 Å². The molecule has 0 spiro atoms. The maximum absolute atomic E-state index is 12.9. The van der Waals surface area contributed by atoms with E-state index in [1.807, 2.05) is 12.1 Å². The van der Waals surface area contributed by atoms with E-state index in [2.05, 4.69) is 22.3 Å². The van der Waals surface area contributed by atoms with Crippen molar-refractivity contribution in [1.82, 2.24) is 10.2 Å². The fraction of sp³-hybridized carbons (Fsp3) is 0.520. The van der Waals surface area contributed by atoms with Crippen molar-refractivity contribution in [3.8, 4) is 11.1 Å². The van der Waals surface area contributed by atoms with Gasteiger partial charge in [-0.25, -0.2) is 0 Å². The van der Waals surface area contributed by atoms with Gasteiger partial charge in [-0.05, 0) is 41.7 Å². The number of alkyl halides is 3. The van der Waals surface area contributed by atoms with Crippen LogP contribution in [0.25, 0.3) is 11.1 Å². The predicted molar refractivity (Wildman–Crippen MR) is 131 cm³/mol. The molecular formula is C25H33Cl2F3N2O. The van der Waals surface area contributed by atoms with Crippen molar-refractivity contribution >= 4 is 24.8 Å². The molecule has 1 saturated carbocycles. The minimum Gasteiger partial charge on any atom is -0.389 e. The Morgan fingerprint density at radius 3 is 2.15 bits per heavy atom. The lowest BCUT2D eigenvalue weighted by Crippen LogP contribution is -2.49. The summed E-state index contributed by atoms with van der Waals surface area (Å²) in [7, 11) is 0. The molecule has 4 rings (SSSR count). The van der Waals surface area contributed by atoms with Crippen molar-refractivity contribution in [2.24, 2.45) is 0 Å². The van der Waals surface area contributed by atoms with Gasteiger partial charge in [-0.1, -0.05) is 55.7 Å². The van der Waals surface area contributed by atoms with Crippen molar-refractivity contribution in [2.75, 3.05) is 32.7 Å². The van der Waals surface area contributed by atoms with Crippen LogP contribution < -0.4 is 5.32 Å². The monoisotopic (exact) mass is 504 g/mol. The molecule has 0 aromatic heterocycles. The Morgan fingerprint density at radius 2 is 1.55 bits per heavy atom. The smallest absolute Gasteiger partial charge is 0.389 e. The number of hydrogen-bond donors (Lipinski definition) is 2. The Morgan fingerprint density at radius 1 is 0.909 bits per heavy atom. The molecule has 1 aliphatic heterocycles. The highest BCUT2D eigenvalue weighted by Crippen LogP contribution is 2.41. The highest BCUT2D eigenvalue weighted by atomic mass is 35.5. The van der Waals surface area contributed by atoms with Crippen LogP contribution in [0.5, 0.6) is 0 Å². The number of nitrogens with zero attached hydrogens (tertiary/aromatic N) is 1. The standard InChI is InChI=1S/C25H31F3N2O.2ClH/c26-25(27,28)22-9-7-19(8-10-22)20-5-4-6-21(17-20)23(18-30-15-13-29-14-16-30)24(31)11-2-1-3-12-24;;/h4-10,17,23,29,31H,1-3,11-16,18H2;2*1H. The zero-order valence-electron chi connectivity index (χ0n) is 18.6. The number of rotatable bonds is 5. The topological polar surface area (TPSA) is 35.5 Å². The van der Waals surface area contributed by atoms with Crippen LogP contribution in [0.1, 0.15) is 49.1 Å². The first kappa shape index (κ1) is 27.9. The van der Waals surface area contributed by atoms with Crippen molar-refractivity contribution in [1.29, 1.82) is 0 Å². The van der Waals surface area contributed by atoms with Gasteiger partial charge in [-0.2, -0.15) is 13.2 Å². The Bertz CT molecular complexity index is 865. The molecule has 33 heavy (non-hydrogen) atoms. The SMILES string of the molecule is Cl.Cl.OC1(C(CN2CCNCC2)c2cccc(-c3ccc(C(F)(F)F)cc3)c2)CCCCC1. The largest absolute Gasteiger partial charge is 0.416 e. The molecule has 3 nitrogen and oxygen atoms in total. The number of hydrogen-bond acceptors (Lipinski definition) is 3. The van der Waals surface area contributed by atoms with Gasteiger partial charge < -0.3 is 15.3 Å². The predicted octanol–water partition coefficient (Wildman–Crippen LogP) is 5.90. The third-order valence-corrected chi connectivity index (χ3v) is 6.85. The molecule has 0 amide bonds. The molecule has 0 radical (unpaired) electrons. The number of nitrogens with one attached hydrogen (secondary N) is 1. The van der Waals surface area contributed by atoms with Crippen molar-refractivity contribution in [3.63, 3.8) is 0 Å². The third kappa shape index (κ3) is 6.86. The molecule has 1 aliphatic carbocycles. The van der Waals surface area contributed by atoms with Crippen LogP contribution in [0, 0.1) is 0 Å². The molecular weight excluding hydrogens is 472 g/mol. The molecule has 2 aliphatic rings. The van der Waals surface area contributed by atoms with Gasteiger partial charge in [-0.3, -0.25) is 0 Å². The number of piperazine rings is 1. The minimum atomic E-state index is -4.33. The molecule has 184 valence electrons. The minimum absolute atomic E-state index is 0. The summed E-state index contributed by atoms with van der Waals surface area (Å²) in [5.41, 5.74) is 1.34. The van der Waals surface area contributed by atoms with Gasteiger partial charge in [0.15, 0.2) is 0 Å². The van der Waals surface area contributed by atoms with Crippen molar-refractivity contribution in [3.05, 3.63) is 59.7 Å². The fourth-order valence-corrected chi connectivity index (χ4v) is 5.04. The van der Waals surface area contributed by atoms with E-state index in [9.17, 15) is 18.3 Å². The summed E-state index contributed by atoms with van der Waals surface area (Å²) >= 11 is 0. The highest BCUT2D eigenvalue weighted by Gasteiger charge is 2.39. The lowest BCUT2D eigenvalue weighted by molar-refractivity contribution is -0.137. The summed E-state index contributed by atoms with van der Waals surface area (Å²) in [6.45, 7) is 4.64. The number of benzene rings is 2. The van der Waals surface area contributed by atoms with E-state index in [1.165, 1.54) is 12.1 Å². The zero-order valence-corrected chi connectivity index (χ0v) is 20.2. The summed E-state index contributed by atoms with van der Waals surface area (Å²) < 4.78 is 38.8. The van der Waals surface area contributed by atoms with Gasteiger partial charge in [0.1, 0.15) is 0 Å². The second-order valence-corrected chi connectivity index (χ2v) is 8.97. The summed E-state index contributed by atoms with van der Waals surface area (Å²) in [6.07, 6.45) is 0.496. The molecule has 1 unspecified atom stereocenters. The quantitative estimate of drug-likeness (QED) is 0.531. The third-order valence-electron chi connectivity index (χ3n) is 6.85. The molecule has 1 heterocycles. The maximum atomic E-state index is 12.9. The van der Waals surface area contributed by atoms with Gasteiger partial charge in [0, 0.05) is 38.6 Å². The van der Waals surface area contributed by atoms with E-state index in [-0.39, 0.29) is 30.7 Å². The van der Waals surface area contributed by atoms with Crippen molar-refractivity contribution in [2.45, 2.75) is 49.8 Å².